The summed E-state index contributed by atoms with van der Waals surface area (Å²) in [6.07, 6.45) is 2.01. The number of benzene rings is 1. The maximum atomic E-state index is 10.6. The van der Waals surface area contributed by atoms with E-state index in [0.29, 0.717) is 0 Å². The maximum Gasteiger partial charge on any atom is 0.150 e. The van der Waals surface area contributed by atoms with Crippen molar-refractivity contribution in [2.75, 3.05) is 11.4 Å². The Balaban J connectivity index is 1.84. The van der Waals surface area contributed by atoms with Crippen molar-refractivity contribution in [3.63, 3.8) is 0 Å². The zero-order valence-electron chi connectivity index (χ0n) is 9.43. The van der Waals surface area contributed by atoms with Crippen molar-refractivity contribution < 1.29 is 4.79 Å². The second-order valence-corrected chi connectivity index (χ2v) is 5.25. The van der Waals surface area contributed by atoms with Gasteiger partial charge in [-0.3, -0.25) is 4.79 Å². The van der Waals surface area contributed by atoms with Crippen LogP contribution in [0.2, 0.25) is 0 Å². The molecule has 86 valence electrons. The number of anilines is 1. The first-order valence-electron chi connectivity index (χ1n) is 5.72. The summed E-state index contributed by atoms with van der Waals surface area (Å²) < 4.78 is 0. The van der Waals surface area contributed by atoms with Gasteiger partial charge in [-0.2, -0.15) is 0 Å². The van der Waals surface area contributed by atoms with E-state index in [0.717, 1.165) is 31.4 Å². The molecule has 1 aliphatic rings. The first-order valence-corrected chi connectivity index (χ1v) is 6.60. The molecule has 1 aromatic heterocycles. The van der Waals surface area contributed by atoms with Gasteiger partial charge in [0.15, 0.2) is 0 Å². The Bertz CT molecular complexity index is 529. The molecule has 0 spiro atoms. The third-order valence-electron chi connectivity index (χ3n) is 3.20. The highest BCUT2D eigenvalue weighted by atomic mass is 32.1. The number of fused-ring (bicyclic) bond motifs is 1. The average molecular weight is 243 g/mol. The number of carbonyl (C=O) groups is 1. The molecule has 3 rings (SSSR count). The zero-order chi connectivity index (χ0) is 11.7. The van der Waals surface area contributed by atoms with E-state index >= 15 is 0 Å². The lowest BCUT2D eigenvalue weighted by atomic mass is 10.1. The smallest absolute Gasteiger partial charge is 0.150 e. The number of thiophene rings is 1. The Hall–Kier alpha value is -1.61. The Morgan fingerprint density at radius 1 is 1.18 bits per heavy atom. The van der Waals surface area contributed by atoms with E-state index in [-0.39, 0.29) is 0 Å². The van der Waals surface area contributed by atoms with Crippen LogP contribution in [0.5, 0.6) is 0 Å². The first-order chi connectivity index (χ1) is 8.36. The minimum atomic E-state index is 0.738. The number of carbonyl (C=O) groups excluding carboxylic acids is 1. The van der Waals surface area contributed by atoms with Gasteiger partial charge in [-0.15, -0.1) is 11.3 Å². The maximum absolute atomic E-state index is 10.6. The molecule has 17 heavy (non-hydrogen) atoms. The van der Waals surface area contributed by atoms with Gasteiger partial charge in [-0.1, -0.05) is 0 Å². The van der Waals surface area contributed by atoms with Crippen molar-refractivity contribution in [3.8, 4) is 0 Å². The molecule has 0 saturated carbocycles. The molecule has 2 nitrogen and oxygen atoms in total. The van der Waals surface area contributed by atoms with Crippen molar-refractivity contribution in [1.82, 2.24) is 0 Å². The summed E-state index contributed by atoms with van der Waals surface area (Å²) in [5, 5.41) is 2.17. The summed E-state index contributed by atoms with van der Waals surface area (Å²) >= 11 is 1.86. The molecule has 0 amide bonds. The molecular formula is C14H13NOS. The van der Waals surface area contributed by atoms with Gasteiger partial charge in [0.1, 0.15) is 6.29 Å². The van der Waals surface area contributed by atoms with Crippen LogP contribution in [0, 0.1) is 0 Å². The molecule has 0 atom stereocenters. The molecule has 0 bridgehead atoms. The molecule has 0 N–H and O–H groups in total. The van der Waals surface area contributed by atoms with Crippen LogP contribution in [0.25, 0.3) is 0 Å². The lowest BCUT2D eigenvalue weighted by Gasteiger charge is -2.29. The summed E-state index contributed by atoms with van der Waals surface area (Å²) in [6, 6.07) is 10.0. The Kier molecular flexibility index (Phi) is 2.69. The number of hydrogen-bond donors (Lipinski definition) is 0. The molecule has 0 fully saturated rings. The highest BCUT2D eigenvalue weighted by molar-refractivity contribution is 7.10. The summed E-state index contributed by atoms with van der Waals surface area (Å²) in [5.74, 6) is 0. The van der Waals surface area contributed by atoms with E-state index in [9.17, 15) is 4.79 Å². The third-order valence-corrected chi connectivity index (χ3v) is 4.22. The molecule has 0 saturated heterocycles. The van der Waals surface area contributed by atoms with Gasteiger partial charge >= 0.3 is 0 Å². The van der Waals surface area contributed by atoms with E-state index in [1.165, 1.54) is 16.1 Å². The molecule has 0 unspecified atom stereocenters. The van der Waals surface area contributed by atoms with Crippen molar-refractivity contribution in [3.05, 3.63) is 51.7 Å². The monoisotopic (exact) mass is 243 g/mol. The van der Waals surface area contributed by atoms with Crippen LogP contribution >= 0.6 is 11.3 Å². The van der Waals surface area contributed by atoms with Crippen LogP contribution in [0.15, 0.2) is 35.7 Å². The second kappa shape index (κ2) is 4.34. The number of aldehydes is 1. The summed E-state index contributed by atoms with van der Waals surface area (Å²) in [4.78, 5) is 14.5. The number of hydrogen-bond acceptors (Lipinski definition) is 3. The Morgan fingerprint density at radius 2 is 2.00 bits per heavy atom. The third kappa shape index (κ3) is 1.98. The van der Waals surface area contributed by atoms with Crippen LogP contribution < -0.4 is 4.90 Å². The number of rotatable bonds is 2. The van der Waals surface area contributed by atoms with Gasteiger partial charge in [-0.05, 0) is 47.7 Å². The highest BCUT2D eigenvalue weighted by Crippen LogP contribution is 2.27. The van der Waals surface area contributed by atoms with Crippen LogP contribution in [0.3, 0.4) is 0 Å². The fourth-order valence-corrected chi connectivity index (χ4v) is 3.12. The van der Waals surface area contributed by atoms with Crippen LogP contribution in [0.1, 0.15) is 20.8 Å². The van der Waals surface area contributed by atoms with Crippen molar-refractivity contribution >= 4 is 23.3 Å². The topological polar surface area (TPSA) is 20.3 Å². The summed E-state index contributed by atoms with van der Waals surface area (Å²) in [7, 11) is 0. The molecule has 1 aliphatic heterocycles. The van der Waals surface area contributed by atoms with Crippen molar-refractivity contribution in [1.29, 1.82) is 0 Å². The molecule has 2 heterocycles. The van der Waals surface area contributed by atoms with E-state index < -0.39 is 0 Å². The molecular weight excluding hydrogens is 230 g/mol. The van der Waals surface area contributed by atoms with Gasteiger partial charge in [0.25, 0.3) is 0 Å². The Labute approximate surface area is 105 Å². The fraction of sp³-hybridized carbons (Fsp3) is 0.214. The average Bonchev–Trinajstić information content (AvgIpc) is 2.86. The van der Waals surface area contributed by atoms with Crippen molar-refractivity contribution in [2.45, 2.75) is 13.0 Å². The second-order valence-electron chi connectivity index (χ2n) is 4.25. The van der Waals surface area contributed by atoms with Gasteiger partial charge in [-0.25, -0.2) is 0 Å². The van der Waals surface area contributed by atoms with Crippen LogP contribution in [-0.4, -0.2) is 12.8 Å². The molecule has 2 aromatic rings. The predicted molar refractivity (Wildman–Crippen MR) is 70.9 cm³/mol. The Morgan fingerprint density at radius 3 is 2.76 bits per heavy atom. The van der Waals surface area contributed by atoms with Gasteiger partial charge in [0.2, 0.25) is 0 Å². The lowest BCUT2D eigenvalue weighted by molar-refractivity contribution is 0.112. The van der Waals surface area contributed by atoms with Crippen LogP contribution in [-0.2, 0) is 13.0 Å². The van der Waals surface area contributed by atoms with Gasteiger partial charge in [0.05, 0.1) is 0 Å². The highest BCUT2D eigenvalue weighted by Gasteiger charge is 2.17. The normalized spacial score (nSPS) is 14.5. The largest absolute Gasteiger partial charge is 0.367 e. The molecule has 1 aromatic carbocycles. The molecule has 0 aliphatic carbocycles. The quantitative estimate of drug-likeness (QED) is 0.755. The van der Waals surface area contributed by atoms with E-state index in [1.54, 1.807) is 0 Å². The SMILES string of the molecule is O=Cc1ccc(N2CCc3sccc3C2)cc1. The summed E-state index contributed by atoms with van der Waals surface area (Å²) in [6.45, 7) is 2.05. The van der Waals surface area contributed by atoms with E-state index in [2.05, 4.69) is 16.3 Å². The fourth-order valence-electron chi connectivity index (χ4n) is 2.23. The first kappa shape index (κ1) is 10.5. The van der Waals surface area contributed by atoms with Gasteiger partial charge in [0, 0.05) is 29.2 Å². The standard InChI is InChI=1S/C14H13NOS/c16-10-11-1-3-13(4-2-11)15-7-5-14-12(9-15)6-8-17-14/h1-4,6,8,10H,5,7,9H2. The van der Waals surface area contributed by atoms with E-state index in [1.807, 2.05) is 35.6 Å². The van der Waals surface area contributed by atoms with Crippen molar-refractivity contribution in [2.24, 2.45) is 0 Å². The molecule has 3 heteroatoms. The zero-order valence-corrected chi connectivity index (χ0v) is 10.2. The van der Waals surface area contributed by atoms with Crippen LogP contribution in [0.4, 0.5) is 5.69 Å². The summed E-state index contributed by atoms with van der Waals surface area (Å²) in [5.41, 5.74) is 3.38. The predicted octanol–water partition coefficient (Wildman–Crippen LogP) is 3.12. The molecule has 0 radical (unpaired) electrons. The lowest BCUT2D eigenvalue weighted by Crippen LogP contribution is -2.29. The minimum Gasteiger partial charge on any atom is -0.367 e. The number of nitrogens with zero attached hydrogens (tertiary/aromatic N) is 1. The minimum absolute atomic E-state index is 0.738. The van der Waals surface area contributed by atoms with Gasteiger partial charge < -0.3 is 4.90 Å². The van der Waals surface area contributed by atoms with E-state index in [4.69, 9.17) is 0 Å².